The highest BCUT2D eigenvalue weighted by molar-refractivity contribution is 7.19. The van der Waals surface area contributed by atoms with Crippen LogP contribution in [0.3, 0.4) is 0 Å². The first kappa shape index (κ1) is 38.6. The van der Waals surface area contributed by atoms with Crippen molar-refractivity contribution in [2.45, 2.75) is 36.6 Å². The topological polar surface area (TPSA) is 136 Å². The largest absolute Gasteiger partial charge is 0.448 e. The molecule has 6 aromatic rings. The highest BCUT2D eigenvalue weighted by atomic mass is 35.5. The number of nitrogens with two attached hydrogens (primary N) is 1. The number of amides is 2. The molecule has 0 saturated carbocycles. The van der Waals surface area contributed by atoms with E-state index in [4.69, 9.17) is 38.5 Å². The Bertz CT molecular complexity index is 2370. The van der Waals surface area contributed by atoms with Gasteiger partial charge in [-0.1, -0.05) is 191 Å². The number of allylic oxidation sites excluding steroid dienone is 1. The van der Waals surface area contributed by atoms with Crippen molar-refractivity contribution in [1.29, 1.82) is 0 Å². The number of hydrogen-bond acceptors (Lipinski definition) is 9. The summed E-state index contributed by atoms with van der Waals surface area (Å²) in [5.41, 5.74) is 8.04. The van der Waals surface area contributed by atoms with Crippen LogP contribution < -0.4 is 11.1 Å². The van der Waals surface area contributed by atoms with Gasteiger partial charge in [-0.25, -0.2) is 9.78 Å². The third-order valence-corrected chi connectivity index (χ3v) is 11.6. The lowest BCUT2D eigenvalue weighted by Gasteiger charge is -2.49. The fourth-order valence-corrected chi connectivity index (χ4v) is 8.62. The lowest BCUT2D eigenvalue weighted by Crippen LogP contribution is -2.72. The zero-order chi connectivity index (χ0) is 40.2. The van der Waals surface area contributed by atoms with Gasteiger partial charge in [0.15, 0.2) is 16.9 Å². The Morgan fingerprint density at radius 1 is 0.793 bits per heavy atom. The fourth-order valence-electron chi connectivity index (χ4n) is 7.41. The molecule has 13 heteroatoms. The molecule has 0 aliphatic carbocycles. The molecule has 3 N–H and O–H groups in total. The van der Waals surface area contributed by atoms with Crippen molar-refractivity contribution in [3.63, 3.8) is 0 Å². The SMILES string of the molecule is Nc1nc(C(=NOC(c2ccccc2)(c2ccccc2)c2ccccc2)C(=O)N[C@@H]2C(=O)N3C(C(=O)OC(c4ccccc4)c4ccccc4)=C(Cl)CCC23)c(Cl)s1. The lowest BCUT2D eigenvalue weighted by atomic mass is 9.80. The standard InChI is InChI=1S/C45H35Cl2N5O5S/c46-33-26-27-34-35(42(54)52(34)38(33)43(55)56-39(28-16-6-1-7-17-28)29-18-8-2-9-19-29)49-41(53)37(36-40(47)58-44(48)50-36)51-57-45(30-20-10-3-11-21-30,31-22-12-4-13-23-31)32-24-14-5-15-25-32/h1-25,34-35,39H,26-27H2,(H2,48,50)(H,49,53)/t34?,35-/m0/s1. The average Bonchev–Trinajstić information content (AvgIpc) is 3.61. The van der Waals surface area contributed by atoms with Gasteiger partial charge in [0.2, 0.25) is 5.60 Å². The van der Waals surface area contributed by atoms with Crippen molar-refractivity contribution in [2.24, 2.45) is 5.16 Å². The molecule has 10 nitrogen and oxygen atoms in total. The summed E-state index contributed by atoms with van der Waals surface area (Å²) in [6, 6.07) is 45.5. The Morgan fingerprint density at radius 3 is 1.74 bits per heavy atom. The van der Waals surface area contributed by atoms with E-state index in [-0.39, 0.29) is 38.0 Å². The third-order valence-electron chi connectivity index (χ3n) is 10.1. The summed E-state index contributed by atoms with van der Waals surface area (Å²) in [5.74, 6) is -2.09. The summed E-state index contributed by atoms with van der Waals surface area (Å²) >= 11 is 14.3. The number of thiazole rings is 1. The summed E-state index contributed by atoms with van der Waals surface area (Å²) in [4.78, 5) is 54.7. The van der Waals surface area contributed by atoms with Gasteiger partial charge in [0.25, 0.3) is 11.8 Å². The van der Waals surface area contributed by atoms with Crippen LogP contribution in [0.25, 0.3) is 0 Å². The van der Waals surface area contributed by atoms with Gasteiger partial charge in [-0.15, -0.1) is 0 Å². The maximum Gasteiger partial charge on any atom is 0.357 e. The van der Waals surface area contributed by atoms with Crippen molar-refractivity contribution in [2.75, 3.05) is 5.73 Å². The first-order valence-electron chi connectivity index (χ1n) is 18.4. The molecule has 0 spiro atoms. The van der Waals surface area contributed by atoms with Crippen LogP contribution in [-0.4, -0.2) is 45.5 Å². The number of aromatic nitrogens is 1. The number of β-lactam (4-membered cyclic amide) rings is 1. The van der Waals surface area contributed by atoms with E-state index < -0.39 is 41.6 Å². The van der Waals surface area contributed by atoms with Crippen molar-refractivity contribution in [3.05, 3.63) is 200 Å². The van der Waals surface area contributed by atoms with E-state index in [9.17, 15) is 14.4 Å². The van der Waals surface area contributed by atoms with Crippen molar-refractivity contribution in [1.82, 2.24) is 15.2 Å². The van der Waals surface area contributed by atoms with E-state index in [1.54, 1.807) is 0 Å². The number of nitrogens with one attached hydrogen (secondary N) is 1. The molecule has 1 fully saturated rings. The monoisotopic (exact) mass is 827 g/mol. The number of nitrogen functional groups attached to an aromatic ring is 1. The van der Waals surface area contributed by atoms with E-state index in [1.807, 2.05) is 152 Å². The summed E-state index contributed by atoms with van der Waals surface area (Å²) in [7, 11) is 0. The average molecular weight is 829 g/mol. The number of benzene rings is 5. The van der Waals surface area contributed by atoms with Crippen LogP contribution in [0.2, 0.25) is 4.34 Å². The summed E-state index contributed by atoms with van der Waals surface area (Å²) in [6.07, 6.45) is -0.108. The molecular weight excluding hydrogens is 793 g/mol. The highest BCUT2D eigenvalue weighted by Gasteiger charge is 2.54. The van der Waals surface area contributed by atoms with Gasteiger partial charge in [0.1, 0.15) is 21.8 Å². The molecule has 2 aliphatic rings. The Morgan fingerprint density at radius 2 is 1.28 bits per heavy atom. The van der Waals surface area contributed by atoms with E-state index in [0.717, 1.165) is 39.2 Å². The first-order chi connectivity index (χ1) is 28.3. The smallest absolute Gasteiger partial charge is 0.357 e. The van der Waals surface area contributed by atoms with E-state index >= 15 is 0 Å². The van der Waals surface area contributed by atoms with Crippen LogP contribution in [0.4, 0.5) is 5.13 Å². The molecule has 8 rings (SSSR count). The number of carbonyl (C=O) groups is 3. The quantitative estimate of drug-likeness (QED) is 0.0416. The molecule has 0 radical (unpaired) electrons. The number of ether oxygens (including phenoxy) is 1. The van der Waals surface area contributed by atoms with Gasteiger partial charge < -0.3 is 20.6 Å². The van der Waals surface area contributed by atoms with Crippen molar-refractivity contribution in [3.8, 4) is 0 Å². The second-order valence-corrected chi connectivity index (χ2v) is 15.7. The predicted octanol–water partition coefficient (Wildman–Crippen LogP) is 8.36. The first-order valence-corrected chi connectivity index (χ1v) is 20.0. The second kappa shape index (κ2) is 16.7. The number of esters is 1. The minimum absolute atomic E-state index is 0.0166. The van der Waals surface area contributed by atoms with Crippen LogP contribution >= 0.6 is 34.5 Å². The minimum Gasteiger partial charge on any atom is -0.448 e. The Kier molecular flexibility index (Phi) is 11.1. The molecule has 0 bridgehead atoms. The number of fused-ring (bicyclic) bond motifs is 1. The Hall–Kier alpha value is -6.27. The lowest BCUT2D eigenvalue weighted by molar-refractivity contribution is -0.158. The molecular formula is C45H35Cl2N5O5S. The molecule has 1 aromatic heterocycles. The van der Waals surface area contributed by atoms with E-state index in [1.165, 1.54) is 4.90 Å². The molecule has 1 saturated heterocycles. The molecule has 3 heterocycles. The van der Waals surface area contributed by atoms with Crippen LogP contribution in [0.5, 0.6) is 0 Å². The molecule has 58 heavy (non-hydrogen) atoms. The van der Waals surface area contributed by atoms with Gasteiger partial charge in [0.05, 0.1) is 6.04 Å². The highest BCUT2D eigenvalue weighted by Crippen LogP contribution is 2.42. The van der Waals surface area contributed by atoms with Gasteiger partial charge >= 0.3 is 5.97 Å². The summed E-state index contributed by atoms with van der Waals surface area (Å²) < 4.78 is 6.20. The Labute approximate surface area is 348 Å². The van der Waals surface area contributed by atoms with Gasteiger partial charge in [-0.3, -0.25) is 14.5 Å². The second-order valence-electron chi connectivity index (χ2n) is 13.6. The number of hydrogen-bond donors (Lipinski definition) is 2. The normalized spacial score (nSPS) is 16.7. The molecule has 2 atom stereocenters. The van der Waals surface area contributed by atoms with E-state index in [0.29, 0.717) is 6.42 Å². The molecule has 290 valence electrons. The van der Waals surface area contributed by atoms with Crippen LogP contribution in [-0.2, 0) is 29.6 Å². The zero-order valence-corrected chi connectivity index (χ0v) is 33.0. The number of oxime groups is 1. The molecule has 2 aliphatic heterocycles. The third kappa shape index (κ3) is 7.35. The maximum atomic E-state index is 14.4. The molecule has 2 amide bonds. The Balaban J connectivity index is 1.11. The number of anilines is 1. The van der Waals surface area contributed by atoms with Crippen molar-refractivity contribution < 1.29 is 24.0 Å². The van der Waals surface area contributed by atoms with Gasteiger partial charge in [-0.2, -0.15) is 0 Å². The zero-order valence-electron chi connectivity index (χ0n) is 30.7. The number of carbonyl (C=O) groups excluding carboxylic acids is 3. The number of rotatable bonds is 12. The minimum atomic E-state index is -1.34. The van der Waals surface area contributed by atoms with E-state index in [2.05, 4.69) is 15.5 Å². The van der Waals surface area contributed by atoms with Crippen LogP contribution in [0, 0.1) is 0 Å². The predicted molar refractivity (Wildman–Crippen MR) is 224 cm³/mol. The molecule has 5 aromatic carbocycles. The number of halogens is 2. The fraction of sp³-hybridized carbons (Fsp3) is 0.133. The van der Waals surface area contributed by atoms with Crippen molar-refractivity contribution >= 4 is 63.2 Å². The summed E-state index contributed by atoms with van der Waals surface area (Å²) in [6.45, 7) is 0. The van der Waals surface area contributed by atoms with Crippen LogP contribution in [0.1, 0.15) is 52.5 Å². The summed E-state index contributed by atoms with van der Waals surface area (Å²) in [5, 5.41) is 7.66. The van der Waals surface area contributed by atoms with Gasteiger partial charge in [-0.05, 0) is 24.0 Å². The maximum absolute atomic E-state index is 14.4. The molecule has 1 unspecified atom stereocenters. The number of nitrogens with zero attached hydrogens (tertiary/aromatic N) is 3. The van der Waals surface area contributed by atoms with Gasteiger partial charge in [0, 0.05) is 21.7 Å². The van der Waals surface area contributed by atoms with Crippen LogP contribution in [0.15, 0.2) is 168 Å².